The molecule has 0 radical (unpaired) electrons. The van der Waals surface area contributed by atoms with Crippen molar-refractivity contribution in [2.24, 2.45) is 0 Å². The first-order chi connectivity index (χ1) is 8.12. The van der Waals surface area contributed by atoms with Crippen LogP contribution in [0.1, 0.15) is 21.9 Å². The van der Waals surface area contributed by atoms with E-state index in [0.717, 1.165) is 0 Å². The minimum Gasteiger partial charge on any atom is -0.476 e. The Morgan fingerprint density at radius 3 is 2.50 bits per heavy atom. The standard InChI is InChI=1S/C9H9Cl3N2O4/c1-3-6(8(17)18)13-5(14-7(3)16)2-4(15)9(10,11)12/h4,15H,2H2,1H3,(H,17,18)(H,13,14,16). The Morgan fingerprint density at radius 2 is 2.06 bits per heavy atom. The third-order valence-corrected chi connectivity index (χ3v) is 2.92. The molecule has 6 nitrogen and oxygen atoms in total. The van der Waals surface area contributed by atoms with Crippen molar-refractivity contribution in [3.63, 3.8) is 0 Å². The minimum absolute atomic E-state index is 0.0328. The number of nitrogens with zero attached hydrogens (tertiary/aromatic N) is 1. The Bertz CT molecular complexity index is 524. The van der Waals surface area contributed by atoms with Crippen molar-refractivity contribution in [2.45, 2.75) is 23.2 Å². The van der Waals surface area contributed by atoms with E-state index in [1.165, 1.54) is 6.92 Å². The number of aromatic carboxylic acids is 1. The summed E-state index contributed by atoms with van der Waals surface area (Å²) in [7, 11) is 0. The van der Waals surface area contributed by atoms with E-state index in [2.05, 4.69) is 9.97 Å². The zero-order valence-electron chi connectivity index (χ0n) is 9.08. The largest absolute Gasteiger partial charge is 0.476 e. The minimum atomic E-state index is -1.95. The van der Waals surface area contributed by atoms with Gasteiger partial charge in [-0.15, -0.1) is 0 Å². The van der Waals surface area contributed by atoms with E-state index in [1.54, 1.807) is 0 Å². The monoisotopic (exact) mass is 314 g/mol. The topological polar surface area (TPSA) is 103 Å². The first-order valence-corrected chi connectivity index (χ1v) is 5.84. The molecule has 0 saturated heterocycles. The van der Waals surface area contributed by atoms with Gasteiger partial charge in [0.25, 0.3) is 5.56 Å². The molecule has 9 heteroatoms. The lowest BCUT2D eigenvalue weighted by Crippen LogP contribution is -2.30. The van der Waals surface area contributed by atoms with Crippen LogP contribution in [0.2, 0.25) is 0 Å². The molecular formula is C9H9Cl3N2O4. The second kappa shape index (κ2) is 5.44. The van der Waals surface area contributed by atoms with Crippen LogP contribution in [0.15, 0.2) is 4.79 Å². The van der Waals surface area contributed by atoms with Crippen LogP contribution in [0.4, 0.5) is 0 Å². The third-order valence-electron chi connectivity index (χ3n) is 2.17. The predicted molar refractivity (Wildman–Crippen MR) is 66.6 cm³/mol. The molecule has 1 aromatic rings. The highest BCUT2D eigenvalue weighted by Gasteiger charge is 2.31. The normalized spacial score (nSPS) is 13.4. The van der Waals surface area contributed by atoms with Crippen LogP contribution in [0.3, 0.4) is 0 Å². The molecule has 0 saturated carbocycles. The van der Waals surface area contributed by atoms with Crippen molar-refractivity contribution in [2.75, 3.05) is 0 Å². The van der Waals surface area contributed by atoms with Gasteiger partial charge in [-0.3, -0.25) is 4.79 Å². The van der Waals surface area contributed by atoms with E-state index in [-0.39, 0.29) is 17.8 Å². The van der Waals surface area contributed by atoms with Gasteiger partial charge in [-0.05, 0) is 6.92 Å². The number of rotatable bonds is 3. The summed E-state index contributed by atoms with van der Waals surface area (Å²) >= 11 is 16.4. The molecule has 0 spiro atoms. The molecule has 1 atom stereocenters. The van der Waals surface area contributed by atoms with Gasteiger partial charge < -0.3 is 15.2 Å². The van der Waals surface area contributed by atoms with Gasteiger partial charge in [-0.1, -0.05) is 34.8 Å². The quantitative estimate of drug-likeness (QED) is 0.723. The first-order valence-electron chi connectivity index (χ1n) is 4.70. The maximum Gasteiger partial charge on any atom is 0.355 e. The number of nitrogens with one attached hydrogen (secondary N) is 1. The van der Waals surface area contributed by atoms with Crippen molar-refractivity contribution in [1.82, 2.24) is 9.97 Å². The lowest BCUT2D eigenvalue weighted by molar-refractivity contribution is 0.0688. The van der Waals surface area contributed by atoms with Crippen LogP contribution >= 0.6 is 34.8 Å². The fraction of sp³-hybridized carbons (Fsp3) is 0.444. The van der Waals surface area contributed by atoms with Crippen LogP contribution < -0.4 is 5.56 Å². The number of aromatic nitrogens is 2. The number of aliphatic hydroxyl groups is 1. The molecule has 1 unspecified atom stereocenters. The molecule has 18 heavy (non-hydrogen) atoms. The average molecular weight is 316 g/mol. The number of aliphatic hydroxyl groups excluding tert-OH is 1. The molecule has 0 aromatic carbocycles. The molecule has 0 fully saturated rings. The molecule has 100 valence electrons. The van der Waals surface area contributed by atoms with Crippen LogP contribution in [0.5, 0.6) is 0 Å². The van der Waals surface area contributed by atoms with Crippen molar-refractivity contribution in [3.8, 4) is 0 Å². The van der Waals surface area contributed by atoms with Gasteiger partial charge in [0.15, 0.2) is 5.69 Å². The molecule has 1 aromatic heterocycles. The van der Waals surface area contributed by atoms with Crippen molar-refractivity contribution >= 4 is 40.8 Å². The molecule has 3 N–H and O–H groups in total. The van der Waals surface area contributed by atoms with Crippen LogP contribution in [-0.2, 0) is 6.42 Å². The molecule has 0 aliphatic carbocycles. The molecule has 1 rings (SSSR count). The Hall–Kier alpha value is -0.820. The van der Waals surface area contributed by atoms with Crippen molar-refractivity contribution in [1.29, 1.82) is 0 Å². The summed E-state index contributed by atoms with van der Waals surface area (Å²) < 4.78 is -1.95. The second-order valence-corrected chi connectivity index (χ2v) is 5.92. The maximum absolute atomic E-state index is 11.5. The third kappa shape index (κ3) is 3.58. The number of hydrogen-bond acceptors (Lipinski definition) is 4. The number of halogens is 3. The number of aromatic amines is 1. The molecule has 1 heterocycles. The number of hydrogen-bond donors (Lipinski definition) is 3. The number of carboxylic acid groups (broad SMARTS) is 1. The van der Waals surface area contributed by atoms with Gasteiger partial charge in [0.05, 0.1) is 0 Å². The SMILES string of the molecule is Cc1c(C(=O)O)nc(CC(O)C(Cl)(Cl)Cl)[nH]c1=O. The maximum atomic E-state index is 11.5. The summed E-state index contributed by atoms with van der Waals surface area (Å²) in [6, 6.07) is 0. The van der Waals surface area contributed by atoms with Crippen LogP contribution in [0, 0.1) is 6.92 Å². The summed E-state index contributed by atoms with van der Waals surface area (Å²) in [4.78, 5) is 28.3. The van der Waals surface area contributed by atoms with Gasteiger partial charge in [0, 0.05) is 12.0 Å². The molecule has 0 aliphatic rings. The Balaban J connectivity index is 3.13. The summed E-state index contributed by atoms with van der Waals surface area (Å²) in [5, 5.41) is 18.4. The highest BCUT2D eigenvalue weighted by molar-refractivity contribution is 6.68. The van der Waals surface area contributed by atoms with Gasteiger partial charge in [0.1, 0.15) is 11.9 Å². The molecule has 0 aliphatic heterocycles. The smallest absolute Gasteiger partial charge is 0.355 e. The molecule has 0 bridgehead atoms. The molecule has 0 amide bonds. The van der Waals surface area contributed by atoms with E-state index in [9.17, 15) is 14.7 Å². The van der Waals surface area contributed by atoms with Gasteiger partial charge in [-0.25, -0.2) is 9.78 Å². The van der Waals surface area contributed by atoms with Crippen molar-refractivity contribution < 1.29 is 15.0 Å². The fourth-order valence-corrected chi connectivity index (χ4v) is 1.41. The summed E-state index contributed by atoms with van der Waals surface area (Å²) in [5.74, 6) is -1.41. The van der Waals surface area contributed by atoms with Gasteiger partial charge in [-0.2, -0.15) is 0 Å². The lowest BCUT2D eigenvalue weighted by Gasteiger charge is -2.18. The van der Waals surface area contributed by atoms with E-state index in [4.69, 9.17) is 39.9 Å². The summed E-state index contributed by atoms with van der Waals surface area (Å²) in [6.45, 7) is 1.32. The Morgan fingerprint density at radius 1 is 1.50 bits per heavy atom. The lowest BCUT2D eigenvalue weighted by atomic mass is 10.2. The van der Waals surface area contributed by atoms with Crippen molar-refractivity contribution in [3.05, 3.63) is 27.4 Å². The van der Waals surface area contributed by atoms with Crippen LogP contribution in [0.25, 0.3) is 0 Å². The number of carbonyl (C=O) groups is 1. The van der Waals surface area contributed by atoms with Gasteiger partial charge in [0.2, 0.25) is 3.79 Å². The first kappa shape index (κ1) is 15.2. The highest BCUT2D eigenvalue weighted by atomic mass is 35.6. The van der Waals surface area contributed by atoms with Crippen LogP contribution in [-0.4, -0.2) is 36.0 Å². The zero-order chi connectivity index (χ0) is 14.1. The molecular weight excluding hydrogens is 306 g/mol. The number of carboxylic acids is 1. The number of alkyl halides is 3. The summed E-state index contributed by atoms with van der Waals surface area (Å²) in [5.41, 5.74) is -1.05. The predicted octanol–water partition coefficient (Wildman–Crippen LogP) is 1.05. The second-order valence-electron chi connectivity index (χ2n) is 3.55. The average Bonchev–Trinajstić information content (AvgIpc) is 2.21. The number of H-pyrrole nitrogens is 1. The van der Waals surface area contributed by atoms with Gasteiger partial charge >= 0.3 is 5.97 Å². The fourth-order valence-electron chi connectivity index (χ4n) is 1.18. The van der Waals surface area contributed by atoms with E-state index in [0.29, 0.717) is 0 Å². The zero-order valence-corrected chi connectivity index (χ0v) is 11.3. The highest BCUT2D eigenvalue weighted by Crippen LogP contribution is 2.31. The van der Waals surface area contributed by atoms with E-state index < -0.39 is 27.1 Å². The Kier molecular flexibility index (Phi) is 4.61. The Labute approximate surface area is 117 Å². The van der Waals surface area contributed by atoms with E-state index in [1.807, 2.05) is 0 Å². The summed E-state index contributed by atoms with van der Waals surface area (Å²) in [6.07, 6.45) is -1.71. The van der Waals surface area contributed by atoms with E-state index >= 15 is 0 Å².